The lowest BCUT2D eigenvalue weighted by Gasteiger charge is -2.19. The Bertz CT molecular complexity index is 723. The van der Waals surface area contributed by atoms with Gasteiger partial charge in [-0.05, 0) is 41.7 Å². The molecule has 3 aromatic rings. The van der Waals surface area contributed by atoms with Gasteiger partial charge in [-0.1, -0.05) is 84.4 Å². The second kappa shape index (κ2) is 8.68. The molecule has 0 heterocycles. The molecule has 3 aromatic carbocycles. The predicted octanol–water partition coefficient (Wildman–Crippen LogP) is 5.80. The molecule has 2 heteroatoms. The van der Waals surface area contributed by atoms with Gasteiger partial charge in [0.15, 0.2) is 0 Å². The molecule has 0 aliphatic heterocycles. The highest BCUT2D eigenvalue weighted by Gasteiger charge is 2.11. The highest BCUT2D eigenvalue weighted by atomic mass is 35.5. The van der Waals surface area contributed by atoms with E-state index in [9.17, 15) is 0 Å². The molecular formula is C22H22ClN. The van der Waals surface area contributed by atoms with Crippen molar-refractivity contribution in [2.75, 3.05) is 0 Å². The molecule has 0 spiro atoms. The Morgan fingerprint density at radius 2 is 1.33 bits per heavy atom. The number of hydrogen-bond acceptors (Lipinski definition) is 1. The number of rotatable bonds is 7. The van der Waals surface area contributed by atoms with Crippen molar-refractivity contribution in [3.63, 3.8) is 0 Å². The maximum atomic E-state index is 5.97. The first-order valence-corrected chi connectivity index (χ1v) is 8.76. The normalized spacial score (nSPS) is 12.0. The zero-order chi connectivity index (χ0) is 16.6. The first-order valence-electron chi connectivity index (χ1n) is 8.38. The molecule has 0 aliphatic carbocycles. The van der Waals surface area contributed by atoms with Crippen LogP contribution in [0.5, 0.6) is 0 Å². The lowest BCUT2D eigenvalue weighted by molar-refractivity contribution is 0.499. The van der Waals surface area contributed by atoms with Gasteiger partial charge < -0.3 is 5.32 Å². The molecule has 0 amide bonds. The fourth-order valence-electron chi connectivity index (χ4n) is 2.87. The van der Waals surface area contributed by atoms with Gasteiger partial charge >= 0.3 is 0 Å². The van der Waals surface area contributed by atoms with Gasteiger partial charge in [0.2, 0.25) is 0 Å². The Hall–Kier alpha value is -2.09. The summed E-state index contributed by atoms with van der Waals surface area (Å²) in [5.41, 5.74) is 3.97. The predicted molar refractivity (Wildman–Crippen MR) is 102 cm³/mol. The second-order valence-electron chi connectivity index (χ2n) is 5.99. The zero-order valence-electron chi connectivity index (χ0n) is 13.7. The molecule has 1 nitrogen and oxygen atoms in total. The van der Waals surface area contributed by atoms with Gasteiger partial charge in [-0.2, -0.15) is 0 Å². The Morgan fingerprint density at radius 3 is 2.00 bits per heavy atom. The van der Waals surface area contributed by atoms with E-state index in [2.05, 4.69) is 78.1 Å². The maximum Gasteiger partial charge on any atom is 0.0406 e. The summed E-state index contributed by atoms with van der Waals surface area (Å²) in [7, 11) is 0. The Morgan fingerprint density at radius 1 is 0.708 bits per heavy atom. The lowest BCUT2D eigenvalue weighted by atomic mass is 9.98. The van der Waals surface area contributed by atoms with E-state index >= 15 is 0 Å². The highest BCUT2D eigenvalue weighted by molar-refractivity contribution is 6.30. The second-order valence-corrected chi connectivity index (χ2v) is 6.43. The summed E-state index contributed by atoms with van der Waals surface area (Å²) < 4.78 is 0. The van der Waals surface area contributed by atoms with Gasteiger partial charge in [-0.15, -0.1) is 0 Å². The van der Waals surface area contributed by atoms with Gasteiger partial charge in [-0.25, -0.2) is 0 Å². The minimum absolute atomic E-state index is 0.335. The van der Waals surface area contributed by atoms with Crippen LogP contribution in [0.4, 0.5) is 0 Å². The van der Waals surface area contributed by atoms with Crippen molar-refractivity contribution in [2.24, 2.45) is 0 Å². The Kier molecular flexibility index (Phi) is 6.06. The van der Waals surface area contributed by atoms with Crippen molar-refractivity contribution in [1.29, 1.82) is 0 Å². The Labute approximate surface area is 149 Å². The third-order valence-corrected chi connectivity index (χ3v) is 4.48. The van der Waals surface area contributed by atoms with Crippen LogP contribution in [0.1, 0.15) is 29.2 Å². The van der Waals surface area contributed by atoms with Crippen LogP contribution in [0.3, 0.4) is 0 Å². The molecule has 122 valence electrons. The molecule has 0 radical (unpaired) electrons. The summed E-state index contributed by atoms with van der Waals surface area (Å²) in [5, 5.41) is 4.48. The third-order valence-electron chi connectivity index (χ3n) is 4.23. The molecule has 1 atom stereocenters. The Balaban J connectivity index is 1.66. The van der Waals surface area contributed by atoms with E-state index in [0.29, 0.717) is 6.04 Å². The molecule has 0 saturated heterocycles. The van der Waals surface area contributed by atoms with Crippen molar-refractivity contribution in [3.8, 4) is 0 Å². The van der Waals surface area contributed by atoms with Gasteiger partial charge in [0.05, 0.1) is 0 Å². The summed E-state index contributed by atoms with van der Waals surface area (Å²) in [4.78, 5) is 0. The van der Waals surface area contributed by atoms with E-state index < -0.39 is 0 Å². The molecule has 0 saturated carbocycles. The smallest absolute Gasteiger partial charge is 0.0406 e. The quantitative estimate of drug-likeness (QED) is 0.575. The van der Waals surface area contributed by atoms with Gasteiger partial charge in [-0.3, -0.25) is 0 Å². The first kappa shape index (κ1) is 16.8. The topological polar surface area (TPSA) is 12.0 Å². The summed E-state index contributed by atoms with van der Waals surface area (Å²) in [6.45, 7) is 0.839. The van der Waals surface area contributed by atoms with Crippen LogP contribution in [0.15, 0.2) is 84.9 Å². The molecule has 0 aliphatic rings. The van der Waals surface area contributed by atoms with Crippen molar-refractivity contribution < 1.29 is 0 Å². The summed E-state index contributed by atoms with van der Waals surface area (Å²) >= 11 is 5.97. The molecular weight excluding hydrogens is 314 g/mol. The van der Waals surface area contributed by atoms with Crippen molar-refractivity contribution in [2.45, 2.75) is 25.4 Å². The molecule has 1 N–H and O–H groups in total. The van der Waals surface area contributed by atoms with Crippen molar-refractivity contribution in [1.82, 2.24) is 5.32 Å². The molecule has 0 fully saturated rings. The van der Waals surface area contributed by atoms with Crippen LogP contribution >= 0.6 is 11.6 Å². The average molecular weight is 336 g/mol. The fourth-order valence-corrected chi connectivity index (χ4v) is 3.00. The van der Waals surface area contributed by atoms with Crippen LogP contribution in [-0.4, -0.2) is 0 Å². The number of halogens is 1. The standard InChI is InChI=1S/C22H22ClN/c23-21-14-11-19(12-15-21)17-24-22(20-9-5-2-6-10-20)16-13-18-7-3-1-4-8-18/h1-12,14-15,22,24H,13,16-17H2. The van der Waals surface area contributed by atoms with Gasteiger partial charge in [0, 0.05) is 17.6 Å². The van der Waals surface area contributed by atoms with E-state index in [4.69, 9.17) is 11.6 Å². The van der Waals surface area contributed by atoms with Crippen molar-refractivity contribution >= 4 is 11.6 Å². The van der Waals surface area contributed by atoms with Crippen LogP contribution in [0.2, 0.25) is 5.02 Å². The molecule has 3 rings (SSSR count). The van der Waals surface area contributed by atoms with Gasteiger partial charge in [0.1, 0.15) is 0 Å². The van der Waals surface area contributed by atoms with E-state index in [1.165, 1.54) is 16.7 Å². The SMILES string of the molecule is Clc1ccc(CNC(CCc2ccccc2)c2ccccc2)cc1. The monoisotopic (exact) mass is 335 g/mol. The molecule has 24 heavy (non-hydrogen) atoms. The fraction of sp³-hybridized carbons (Fsp3) is 0.182. The van der Waals surface area contributed by atoms with Gasteiger partial charge in [0.25, 0.3) is 0 Å². The number of hydrogen-bond donors (Lipinski definition) is 1. The van der Waals surface area contributed by atoms with E-state index in [0.717, 1.165) is 24.4 Å². The van der Waals surface area contributed by atoms with E-state index in [-0.39, 0.29) is 0 Å². The van der Waals surface area contributed by atoms with Crippen LogP contribution in [0, 0.1) is 0 Å². The third kappa shape index (κ3) is 4.95. The summed E-state index contributed by atoms with van der Waals surface area (Å²) in [6, 6.07) is 29.7. The maximum absolute atomic E-state index is 5.97. The highest BCUT2D eigenvalue weighted by Crippen LogP contribution is 2.20. The number of aryl methyl sites for hydroxylation is 1. The number of nitrogens with one attached hydrogen (secondary N) is 1. The van der Waals surface area contributed by atoms with Crippen LogP contribution < -0.4 is 5.32 Å². The first-order chi connectivity index (χ1) is 11.8. The largest absolute Gasteiger partial charge is 0.306 e. The molecule has 1 unspecified atom stereocenters. The molecule has 0 aromatic heterocycles. The summed E-state index contributed by atoms with van der Waals surface area (Å²) in [5.74, 6) is 0. The zero-order valence-corrected chi connectivity index (χ0v) is 14.4. The average Bonchev–Trinajstić information content (AvgIpc) is 2.65. The summed E-state index contributed by atoms with van der Waals surface area (Å²) in [6.07, 6.45) is 2.13. The van der Waals surface area contributed by atoms with Crippen LogP contribution in [0.25, 0.3) is 0 Å². The minimum Gasteiger partial charge on any atom is -0.306 e. The minimum atomic E-state index is 0.335. The van der Waals surface area contributed by atoms with E-state index in [1.807, 2.05) is 12.1 Å². The molecule has 0 bridgehead atoms. The van der Waals surface area contributed by atoms with E-state index in [1.54, 1.807) is 0 Å². The van der Waals surface area contributed by atoms with Crippen LogP contribution in [-0.2, 0) is 13.0 Å². The lowest BCUT2D eigenvalue weighted by Crippen LogP contribution is -2.21. The number of benzene rings is 3. The van der Waals surface area contributed by atoms with Crippen molar-refractivity contribution in [3.05, 3.63) is 107 Å².